The molecule has 2 aromatic rings. The van der Waals surface area contributed by atoms with Gasteiger partial charge in [0.15, 0.2) is 0 Å². The first-order chi connectivity index (χ1) is 12.2. The van der Waals surface area contributed by atoms with Crippen LogP contribution in [0.25, 0.3) is 5.52 Å². The highest BCUT2D eigenvalue weighted by atomic mass is 16.2. The molecular weight excluding hydrogens is 320 g/mol. The predicted octanol–water partition coefficient (Wildman–Crippen LogP) is 0.327. The van der Waals surface area contributed by atoms with Gasteiger partial charge in [0.05, 0.1) is 17.4 Å². The lowest BCUT2D eigenvalue weighted by molar-refractivity contribution is -0.120. The number of rotatable bonds is 3. The second kappa shape index (κ2) is 5.53. The minimum Gasteiger partial charge on any atom is -0.311 e. The first-order valence-electron chi connectivity index (χ1n) is 8.72. The molecule has 2 atom stereocenters. The maximum atomic E-state index is 12.1. The number of urea groups is 1. The van der Waals surface area contributed by atoms with E-state index in [0.29, 0.717) is 25.0 Å². The van der Waals surface area contributed by atoms with Gasteiger partial charge in [0.25, 0.3) is 0 Å². The summed E-state index contributed by atoms with van der Waals surface area (Å²) in [5, 5.41) is 10.2. The number of nitrogens with zero attached hydrogens (tertiary/aromatic N) is 4. The van der Waals surface area contributed by atoms with Crippen LogP contribution in [0, 0.1) is 0 Å². The molecule has 0 unspecified atom stereocenters. The molecule has 3 aliphatic heterocycles. The fraction of sp³-hybridized carbons (Fsp3) is 0.471. The molecule has 2 bridgehead atoms. The average molecular weight is 340 g/mol. The molecule has 0 aliphatic carbocycles. The summed E-state index contributed by atoms with van der Waals surface area (Å²) in [5.41, 5.74) is 2.86. The van der Waals surface area contributed by atoms with E-state index in [-0.39, 0.29) is 11.9 Å². The van der Waals surface area contributed by atoms with Crippen LogP contribution in [0.2, 0.25) is 0 Å². The van der Waals surface area contributed by atoms with Gasteiger partial charge in [-0.3, -0.25) is 19.9 Å². The minimum atomic E-state index is -0.375. The summed E-state index contributed by atoms with van der Waals surface area (Å²) in [5.74, 6) is -0.226. The van der Waals surface area contributed by atoms with Gasteiger partial charge in [-0.2, -0.15) is 5.10 Å². The third kappa shape index (κ3) is 2.49. The van der Waals surface area contributed by atoms with Crippen LogP contribution in [0.4, 0.5) is 10.5 Å². The zero-order valence-electron chi connectivity index (χ0n) is 13.8. The molecule has 3 saturated heterocycles. The maximum Gasteiger partial charge on any atom is 0.328 e. The van der Waals surface area contributed by atoms with E-state index in [9.17, 15) is 9.59 Å². The summed E-state index contributed by atoms with van der Waals surface area (Å²) in [6.07, 6.45) is 5.18. The number of nitrogens with one attached hydrogen (secondary N) is 2. The summed E-state index contributed by atoms with van der Waals surface area (Å²) in [7, 11) is 0. The fourth-order valence-electron chi connectivity index (χ4n) is 4.19. The number of carbonyl (C=O) groups excluding carboxylic acids is 2. The standard InChI is InChI=1S/C17H20N6O2/c24-16-2-3-22(17(25)20-16)15-8-19-23-4-1-11(5-14(15)23)9-21-10-12-6-13(21)7-18-12/h1,4-5,8,12-13,18H,2-3,6-7,9-10H2,(H,20,24,25)/t12-,13-/m0/s1. The molecule has 3 amide bonds. The maximum absolute atomic E-state index is 12.1. The van der Waals surface area contributed by atoms with Gasteiger partial charge in [0, 0.05) is 50.9 Å². The molecule has 5 heterocycles. The average Bonchev–Trinajstić information content (AvgIpc) is 3.30. The van der Waals surface area contributed by atoms with E-state index in [1.54, 1.807) is 15.6 Å². The third-order valence-corrected chi connectivity index (χ3v) is 5.47. The number of piperazine rings is 1. The number of carbonyl (C=O) groups is 2. The normalized spacial score (nSPS) is 26.6. The SMILES string of the molecule is O=C1CCN(c2cnn3ccc(CN4C[C@@H]5C[C@H]4CN5)cc23)C(=O)N1. The number of imide groups is 1. The van der Waals surface area contributed by atoms with E-state index >= 15 is 0 Å². The van der Waals surface area contributed by atoms with Crippen LogP contribution >= 0.6 is 0 Å². The van der Waals surface area contributed by atoms with Crippen LogP contribution in [0.5, 0.6) is 0 Å². The molecule has 8 heteroatoms. The predicted molar refractivity (Wildman–Crippen MR) is 91.3 cm³/mol. The lowest BCUT2D eigenvalue weighted by Gasteiger charge is -2.27. The Morgan fingerprint density at radius 1 is 1.32 bits per heavy atom. The Labute approximate surface area is 144 Å². The van der Waals surface area contributed by atoms with Crippen molar-refractivity contribution >= 4 is 23.1 Å². The van der Waals surface area contributed by atoms with Gasteiger partial charge in [0.1, 0.15) is 0 Å². The van der Waals surface area contributed by atoms with Crippen molar-refractivity contribution < 1.29 is 9.59 Å². The van der Waals surface area contributed by atoms with Gasteiger partial charge in [-0.05, 0) is 24.1 Å². The van der Waals surface area contributed by atoms with E-state index in [1.165, 1.54) is 12.0 Å². The van der Waals surface area contributed by atoms with Gasteiger partial charge in [0.2, 0.25) is 5.91 Å². The van der Waals surface area contributed by atoms with Crippen molar-refractivity contribution in [1.29, 1.82) is 0 Å². The van der Waals surface area contributed by atoms with Crippen molar-refractivity contribution in [3.05, 3.63) is 30.1 Å². The van der Waals surface area contributed by atoms with Crippen molar-refractivity contribution in [3.8, 4) is 0 Å². The highest BCUT2D eigenvalue weighted by Gasteiger charge is 2.37. The number of pyridine rings is 1. The second-order valence-corrected chi connectivity index (χ2v) is 7.07. The van der Waals surface area contributed by atoms with Gasteiger partial charge in [-0.15, -0.1) is 0 Å². The van der Waals surface area contributed by atoms with Crippen molar-refractivity contribution in [1.82, 2.24) is 25.1 Å². The quantitative estimate of drug-likeness (QED) is 0.841. The van der Waals surface area contributed by atoms with E-state index in [0.717, 1.165) is 30.8 Å². The molecule has 0 spiro atoms. The highest BCUT2D eigenvalue weighted by Crippen LogP contribution is 2.27. The molecule has 3 aliphatic rings. The number of hydrogen-bond acceptors (Lipinski definition) is 5. The van der Waals surface area contributed by atoms with E-state index < -0.39 is 0 Å². The lowest BCUT2D eigenvalue weighted by atomic mass is 10.2. The topological polar surface area (TPSA) is 82.0 Å². The van der Waals surface area contributed by atoms with Crippen LogP contribution in [-0.2, 0) is 11.3 Å². The van der Waals surface area contributed by atoms with Gasteiger partial charge < -0.3 is 5.32 Å². The number of aromatic nitrogens is 2. The zero-order chi connectivity index (χ0) is 17.0. The summed E-state index contributed by atoms with van der Waals surface area (Å²) in [6, 6.07) is 5.08. The molecular formula is C17H20N6O2. The van der Waals surface area contributed by atoms with E-state index in [2.05, 4.69) is 32.8 Å². The van der Waals surface area contributed by atoms with Crippen LogP contribution in [-0.4, -0.2) is 58.2 Å². The molecule has 8 nitrogen and oxygen atoms in total. The van der Waals surface area contributed by atoms with Crippen LogP contribution in [0.1, 0.15) is 18.4 Å². The lowest BCUT2D eigenvalue weighted by Crippen LogP contribution is -2.49. The molecule has 5 rings (SSSR count). The minimum absolute atomic E-state index is 0.226. The Bertz CT molecular complexity index is 862. The first-order valence-corrected chi connectivity index (χ1v) is 8.72. The zero-order valence-corrected chi connectivity index (χ0v) is 13.8. The van der Waals surface area contributed by atoms with Crippen molar-refractivity contribution in [2.45, 2.75) is 31.5 Å². The number of fused-ring (bicyclic) bond motifs is 3. The first kappa shape index (κ1) is 14.9. The molecule has 0 saturated carbocycles. The Balaban J connectivity index is 1.43. The second-order valence-electron chi connectivity index (χ2n) is 7.07. The smallest absolute Gasteiger partial charge is 0.311 e. The van der Waals surface area contributed by atoms with Crippen molar-refractivity contribution in [2.75, 3.05) is 24.5 Å². The van der Waals surface area contributed by atoms with E-state index in [1.807, 2.05) is 6.20 Å². The Morgan fingerprint density at radius 3 is 3.00 bits per heavy atom. The Kier molecular flexibility index (Phi) is 3.29. The molecule has 130 valence electrons. The third-order valence-electron chi connectivity index (χ3n) is 5.47. The number of anilines is 1. The molecule has 0 radical (unpaired) electrons. The molecule has 25 heavy (non-hydrogen) atoms. The summed E-state index contributed by atoms with van der Waals surface area (Å²) < 4.78 is 1.78. The molecule has 3 fully saturated rings. The summed E-state index contributed by atoms with van der Waals surface area (Å²) in [4.78, 5) is 27.6. The summed E-state index contributed by atoms with van der Waals surface area (Å²) >= 11 is 0. The molecule has 2 N–H and O–H groups in total. The van der Waals surface area contributed by atoms with Crippen LogP contribution in [0.3, 0.4) is 0 Å². The van der Waals surface area contributed by atoms with Crippen molar-refractivity contribution in [2.24, 2.45) is 0 Å². The fourth-order valence-corrected chi connectivity index (χ4v) is 4.19. The van der Waals surface area contributed by atoms with Gasteiger partial charge in [-0.25, -0.2) is 9.31 Å². The van der Waals surface area contributed by atoms with Crippen LogP contribution < -0.4 is 15.5 Å². The molecule has 0 aromatic carbocycles. The number of amides is 3. The Morgan fingerprint density at radius 2 is 2.24 bits per heavy atom. The van der Waals surface area contributed by atoms with Gasteiger partial charge >= 0.3 is 6.03 Å². The highest BCUT2D eigenvalue weighted by molar-refractivity contribution is 6.07. The summed E-state index contributed by atoms with van der Waals surface area (Å²) in [6.45, 7) is 3.47. The van der Waals surface area contributed by atoms with E-state index in [4.69, 9.17) is 0 Å². The monoisotopic (exact) mass is 340 g/mol. The number of likely N-dealkylation sites (tertiary alicyclic amines) is 1. The van der Waals surface area contributed by atoms with Gasteiger partial charge in [-0.1, -0.05) is 0 Å². The number of hydrogen-bond donors (Lipinski definition) is 2. The van der Waals surface area contributed by atoms with Crippen LogP contribution in [0.15, 0.2) is 24.5 Å². The Hall–Kier alpha value is -2.45. The molecule has 2 aromatic heterocycles. The van der Waals surface area contributed by atoms with Crippen molar-refractivity contribution in [3.63, 3.8) is 0 Å². The largest absolute Gasteiger partial charge is 0.328 e.